The number of rotatable bonds is 4. The molecule has 0 saturated heterocycles. The fourth-order valence-electron chi connectivity index (χ4n) is 1.84. The summed E-state index contributed by atoms with van der Waals surface area (Å²) in [5, 5.41) is 4.06. The number of hydrogen-bond acceptors (Lipinski definition) is 2. The second-order valence-electron chi connectivity index (χ2n) is 4.29. The highest BCUT2D eigenvalue weighted by Gasteiger charge is 2.05. The molecular formula is C15H15BrClNO. The van der Waals surface area contributed by atoms with Crippen molar-refractivity contribution in [1.29, 1.82) is 0 Å². The highest BCUT2D eigenvalue weighted by molar-refractivity contribution is 9.10. The average molecular weight is 341 g/mol. The van der Waals surface area contributed by atoms with Crippen molar-refractivity contribution in [2.45, 2.75) is 13.5 Å². The van der Waals surface area contributed by atoms with E-state index in [1.807, 2.05) is 43.3 Å². The summed E-state index contributed by atoms with van der Waals surface area (Å²) in [6, 6.07) is 11.9. The normalized spacial score (nSPS) is 10.3. The lowest BCUT2D eigenvalue weighted by atomic mass is 10.2. The fourth-order valence-corrected chi connectivity index (χ4v) is 2.55. The standard InChI is InChI=1S/C15H15BrClNO/c1-10-3-5-14(13(17)7-10)18-9-11-8-12(16)4-6-15(11)19-2/h3-8,18H,9H2,1-2H3. The maximum atomic E-state index is 6.20. The molecule has 0 aromatic heterocycles. The number of methoxy groups -OCH3 is 1. The number of hydrogen-bond donors (Lipinski definition) is 1. The van der Waals surface area contributed by atoms with Crippen molar-refractivity contribution in [3.05, 3.63) is 57.0 Å². The van der Waals surface area contributed by atoms with E-state index < -0.39 is 0 Å². The third-order valence-electron chi connectivity index (χ3n) is 2.84. The first-order valence-electron chi connectivity index (χ1n) is 5.92. The lowest BCUT2D eigenvalue weighted by Gasteiger charge is -2.12. The Morgan fingerprint density at radius 1 is 1.21 bits per heavy atom. The first-order valence-corrected chi connectivity index (χ1v) is 7.09. The van der Waals surface area contributed by atoms with Gasteiger partial charge >= 0.3 is 0 Å². The van der Waals surface area contributed by atoms with Crippen molar-refractivity contribution in [3.63, 3.8) is 0 Å². The Morgan fingerprint density at radius 3 is 2.68 bits per heavy atom. The van der Waals surface area contributed by atoms with E-state index in [0.29, 0.717) is 6.54 Å². The van der Waals surface area contributed by atoms with Crippen molar-refractivity contribution < 1.29 is 4.74 Å². The molecule has 2 rings (SSSR count). The molecule has 0 saturated carbocycles. The van der Waals surface area contributed by atoms with E-state index in [1.54, 1.807) is 7.11 Å². The van der Waals surface area contributed by atoms with E-state index in [1.165, 1.54) is 0 Å². The summed E-state index contributed by atoms with van der Waals surface area (Å²) in [5.41, 5.74) is 3.15. The van der Waals surface area contributed by atoms with Gasteiger partial charge in [0.05, 0.1) is 17.8 Å². The van der Waals surface area contributed by atoms with E-state index in [-0.39, 0.29) is 0 Å². The summed E-state index contributed by atoms with van der Waals surface area (Å²) >= 11 is 9.66. The van der Waals surface area contributed by atoms with Gasteiger partial charge in [-0.05, 0) is 42.8 Å². The van der Waals surface area contributed by atoms with Crippen LogP contribution in [0.3, 0.4) is 0 Å². The van der Waals surface area contributed by atoms with Crippen LogP contribution in [0.2, 0.25) is 5.02 Å². The zero-order valence-corrected chi connectivity index (χ0v) is 13.2. The Morgan fingerprint density at radius 2 is 2.00 bits per heavy atom. The lowest BCUT2D eigenvalue weighted by molar-refractivity contribution is 0.410. The molecule has 0 fully saturated rings. The summed E-state index contributed by atoms with van der Waals surface area (Å²) in [4.78, 5) is 0. The largest absolute Gasteiger partial charge is 0.496 e. The van der Waals surface area contributed by atoms with Gasteiger partial charge < -0.3 is 10.1 Å². The monoisotopic (exact) mass is 339 g/mol. The van der Waals surface area contributed by atoms with Gasteiger partial charge in [0.25, 0.3) is 0 Å². The smallest absolute Gasteiger partial charge is 0.123 e. The van der Waals surface area contributed by atoms with Crippen LogP contribution in [-0.4, -0.2) is 7.11 Å². The van der Waals surface area contributed by atoms with E-state index >= 15 is 0 Å². The first kappa shape index (κ1) is 14.2. The van der Waals surface area contributed by atoms with Gasteiger partial charge in [-0.25, -0.2) is 0 Å². The van der Waals surface area contributed by atoms with E-state index in [4.69, 9.17) is 16.3 Å². The average Bonchev–Trinajstić information content (AvgIpc) is 2.38. The molecule has 2 aromatic carbocycles. The zero-order valence-electron chi connectivity index (χ0n) is 10.8. The highest BCUT2D eigenvalue weighted by Crippen LogP contribution is 2.26. The quantitative estimate of drug-likeness (QED) is 0.842. The Hall–Kier alpha value is -1.19. The van der Waals surface area contributed by atoms with Crippen LogP contribution >= 0.6 is 27.5 Å². The molecule has 2 aromatic rings. The number of halogens is 2. The van der Waals surface area contributed by atoms with Gasteiger partial charge in [-0.15, -0.1) is 0 Å². The molecule has 100 valence electrons. The number of anilines is 1. The lowest BCUT2D eigenvalue weighted by Crippen LogP contribution is -2.02. The molecule has 4 heteroatoms. The molecular weight excluding hydrogens is 326 g/mol. The predicted octanol–water partition coefficient (Wildman–Crippen LogP) is 5.03. The summed E-state index contributed by atoms with van der Waals surface area (Å²) in [7, 11) is 1.67. The van der Waals surface area contributed by atoms with Crippen LogP contribution in [-0.2, 0) is 6.54 Å². The number of nitrogens with one attached hydrogen (secondary N) is 1. The molecule has 0 radical (unpaired) electrons. The molecule has 0 aliphatic carbocycles. The molecule has 1 N–H and O–H groups in total. The minimum Gasteiger partial charge on any atom is -0.496 e. The van der Waals surface area contributed by atoms with Crippen LogP contribution in [0.5, 0.6) is 5.75 Å². The first-order chi connectivity index (χ1) is 9.10. The maximum absolute atomic E-state index is 6.20. The number of ether oxygens (including phenoxy) is 1. The third-order valence-corrected chi connectivity index (χ3v) is 3.64. The molecule has 0 amide bonds. The van der Waals surface area contributed by atoms with Crippen molar-refractivity contribution in [1.82, 2.24) is 0 Å². The summed E-state index contributed by atoms with van der Waals surface area (Å²) < 4.78 is 6.37. The molecule has 0 heterocycles. The van der Waals surface area contributed by atoms with Gasteiger partial charge in [0, 0.05) is 16.6 Å². The molecule has 2 nitrogen and oxygen atoms in total. The minimum atomic E-state index is 0.658. The van der Waals surface area contributed by atoms with Crippen molar-refractivity contribution >= 4 is 33.2 Å². The Kier molecular flexibility index (Phi) is 4.72. The molecule has 0 bridgehead atoms. The Labute approximate surface area is 126 Å². The summed E-state index contributed by atoms with van der Waals surface area (Å²) in [5.74, 6) is 0.860. The predicted molar refractivity (Wildman–Crippen MR) is 84.2 cm³/mol. The number of aryl methyl sites for hydroxylation is 1. The minimum absolute atomic E-state index is 0.658. The van der Waals surface area contributed by atoms with Crippen LogP contribution in [0.1, 0.15) is 11.1 Å². The molecule has 0 aliphatic heterocycles. The van der Waals surface area contributed by atoms with Gasteiger partial charge in [0.1, 0.15) is 5.75 Å². The van der Waals surface area contributed by atoms with E-state index in [9.17, 15) is 0 Å². The molecule has 0 spiro atoms. The molecule has 0 unspecified atom stereocenters. The van der Waals surface area contributed by atoms with Gasteiger partial charge in [-0.1, -0.05) is 33.6 Å². The van der Waals surface area contributed by atoms with Crippen LogP contribution < -0.4 is 10.1 Å². The van der Waals surface area contributed by atoms with Crippen molar-refractivity contribution in [2.24, 2.45) is 0 Å². The van der Waals surface area contributed by atoms with Crippen LogP contribution in [0.4, 0.5) is 5.69 Å². The Balaban J connectivity index is 2.16. The van der Waals surface area contributed by atoms with E-state index in [0.717, 1.165) is 32.1 Å². The highest BCUT2D eigenvalue weighted by atomic mass is 79.9. The second kappa shape index (κ2) is 6.31. The maximum Gasteiger partial charge on any atom is 0.123 e. The van der Waals surface area contributed by atoms with Crippen LogP contribution in [0.25, 0.3) is 0 Å². The molecule has 0 atom stereocenters. The van der Waals surface area contributed by atoms with Crippen LogP contribution in [0.15, 0.2) is 40.9 Å². The van der Waals surface area contributed by atoms with Gasteiger partial charge in [0.15, 0.2) is 0 Å². The van der Waals surface area contributed by atoms with Gasteiger partial charge in [-0.2, -0.15) is 0 Å². The Bertz CT molecular complexity index is 586. The summed E-state index contributed by atoms with van der Waals surface area (Å²) in [6.07, 6.45) is 0. The van der Waals surface area contributed by atoms with Crippen molar-refractivity contribution in [3.8, 4) is 5.75 Å². The number of benzene rings is 2. The van der Waals surface area contributed by atoms with Crippen molar-refractivity contribution in [2.75, 3.05) is 12.4 Å². The van der Waals surface area contributed by atoms with Gasteiger partial charge in [0.2, 0.25) is 0 Å². The van der Waals surface area contributed by atoms with E-state index in [2.05, 4.69) is 21.2 Å². The fraction of sp³-hybridized carbons (Fsp3) is 0.200. The van der Waals surface area contributed by atoms with Gasteiger partial charge in [-0.3, -0.25) is 0 Å². The zero-order chi connectivity index (χ0) is 13.8. The SMILES string of the molecule is COc1ccc(Br)cc1CNc1ccc(C)cc1Cl. The molecule has 19 heavy (non-hydrogen) atoms. The van der Waals surface area contributed by atoms with Crippen LogP contribution in [0, 0.1) is 6.92 Å². The topological polar surface area (TPSA) is 21.3 Å². The second-order valence-corrected chi connectivity index (χ2v) is 5.62. The summed E-state index contributed by atoms with van der Waals surface area (Å²) in [6.45, 7) is 2.68. The molecule has 0 aliphatic rings. The third kappa shape index (κ3) is 3.64.